The summed E-state index contributed by atoms with van der Waals surface area (Å²) >= 11 is 0. The van der Waals surface area contributed by atoms with E-state index in [1.165, 1.54) is 0 Å². The van der Waals surface area contributed by atoms with E-state index in [0.29, 0.717) is 5.56 Å². The zero-order valence-corrected chi connectivity index (χ0v) is 12.0. The summed E-state index contributed by atoms with van der Waals surface area (Å²) in [6.07, 6.45) is -6.23. The van der Waals surface area contributed by atoms with Gasteiger partial charge in [0.25, 0.3) is 0 Å². The molecule has 6 N–H and O–H groups in total. The highest BCUT2D eigenvalue weighted by Crippen LogP contribution is 2.49. The second kappa shape index (κ2) is 5.64. The minimum Gasteiger partial charge on any atom is -0.394 e. The van der Waals surface area contributed by atoms with Crippen molar-refractivity contribution in [2.45, 2.75) is 49.8 Å². The maximum atomic E-state index is 10.6. The summed E-state index contributed by atoms with van der Waals surface area (Å²) in [7, 11) is 0. The summed E-state index contributed by atoms with van der Waals surface area (Å²) < 4.78 is 0. The van der Waals surface area contributed by atoms with Gasteiger partial charge in [-0.1, -0.05) is 23.8 Å². The van der Waals surface area contributed by atoms with Crippen molar-refractivity contribution in [1.82, 2.24) is 0 Å². The molecule has 0 bridgehead atoms. The zero-order chi connectivity index (χ0) is 15.9. The Hall–Kier alpha value is -1.02. The van der Waals surface area contributed by atoms with Crippen LogP contribution in [0.2, 0.25) is 0 Å². The van der Waals surface area contributed by atoms with Crippen LogP contribution in [0.25, 0.3) is 0 Å². The maximum Gasteiger partial charge on any atom is 0.131 e. The molecule has 21 heavy (non-hydrogen) atoms. The van der Waals surface area contributed by atoms with Crippen molar-refractivity contribution in [2.24, 2.45) is 0 Å². The van der Waals surface area contributed by atoms with Crippen LogP contribution in [0, 0.1) is 13.8 Å². The van der Waals surface area contributed by atoms with E-state index in [1.54, 1.807) is 19.1 Å². The molecule has 0 aliphatic heterocycles. The Kier molecular flexibility index (Phi) is 4.39. The number of aliphatic hydroxyl groups is 6. The molecule has 6 atom stereocenters. The normalized spacial score (nSPS) is 35.1. The van der Waals surface area contributed by atoms with E-state index in [9.17, 15) is 25.5 Å². The van der Waals surface area contributed by atoms with Gasteiger partial charge in [-0.2, -0.15) is 0 Å². The Labute approximate surface area is 122 Å². The molecular weight excluding hydrogens is 276 g/mol. The topological polar surface area (TPSA) is 121 Å². The van der Waals surface area contributed by atoms with E-state index in [-0.39, 0.29) is 0 Å². The molecule has 0 saturated heterocycles. The lowest BCUT2D eigenvalue weighted by molar-refractivity contribution is -0.285. The van der Waals surface area contributed by atoms with Gasteiger partial charge in [0.15, 0.2) is 0 Å². The first-order chi connectivity index (χ1) is 9.75. The molecule has 2 rings (SSSR count). The van der Waals surface area contributed by atoms with Crippen LogP contribution >= 0.6 is 0 Å². The number of hydrogen-bond donors (Lipinski definition) is 6. The first-order valence-corrected chi connectivity index (χ1v) is 6.87. The number of hydrogen-bond acceptors (Lipinski definition) is 6. The summed E-state index contributed by atoms with van der Waals surface area (Å²) in [5, 5.41) is 59.0. The SMILES string of the molecule is Cc1ccc(C2C(O)[C@H](O)[C@@]2(O)[C@H](O)[C@H](O)CO)c(C)c1. The second-order valence-corrected chi connectivity index (χ2v) is 5.86. The van der Waals surface area contributed by atoms with Crippen LogP contribution in [0.5, 0.6) is 0 Å². The Balaban J connectivity index is 2.41. The van der Waals surface area contributed by atoms with Crippen LogP contribution in [0.3, 0.4) is 0 Å². The van der Waals surface area contributed by atoms with Gasteiger partial charge in [-0.05, 0) is 25.0 Å². The number of benzene rings is 1. The van der Waals surface area contributed by atoms with E-state index >= 15 is 0 Å². The summed E-state index contributed by atoms with van der Waals surface area (Å²) in [6, 6.07) is 5.38. The van der Waals surface area contributed by atoms with Gasteiger partial charge in [0, 0.05) is 5.92 Å². The summed E-state index contributed by atoms with van der Waals surface area (Å²) in [6.45, 7) is 2.94. The quantitative estimate of drug-likeness (QED) is 0.405. The summed E-state index contributed by atoms with van der Waals surface area (Å²) in [4.78, 5) is 0. The molecule has 118 valence electrons. The first-order valence-electron chi connectivity index (χ1n) is 6.87. The lowest BCUT2D eigenvalue weighted by atomic mass is 9.57. The fraction of sp³-hybridized carbons (Fsp3) is 0.600. The molecule has 0 heterocycles. The first kappa shape index (κ1) is 16.4. The zero-order valence-electron chi connectivity index (χ0n) is 12.0. The molecular formula is C15H22O6. The molecule has 1 fully saturated rings. The van der Waals surface area contributed by atoms with Gasteiger partial charge in [0.1, 0.15) is 23.9 Å². The third-order valence-electron chi connectivity index (χ3n) is 4.42. The third-order valence-corrected chi connectivity index (χ3v) is 4.42. The lowest BCUT2D eigenvalue weighted by Gasteiger charge is -2.56. The van der Waals surface area contributed by atoms with Gasteiger partial charge in [0.05, 0.1) is 12.7 Å². The Morgan fingerprint density at radius 1 is 1.19 bits per heavy atom. The molecule has 1 aromatic carbocycles. The maximum absolute atomic E-state index is 10.6. The molecule has 0 aromatic heterocycles. The van der Waals surface area contributed by atoms with Crippen LogP contribution in [0.4, 0.5) is 0 Å². The third kappa shape index (κ3) is 2.38. The van der Waals surface area contributed by atoms with E-state index in [1.807, 2.05) is 13.0 Å². The lowest BCUT2D eigenvalue weighted by Crippen LogP contribution is -2.75. The van der Waals surface area contributed by atoms with Crippen molar-refractivity contribution in [3.05, 3.63) is 34.9 Å². The van der Waals surface area contributed by atoms with Gasteiger partial charge in [-0.3, -0.25) is 0 Å². The fourth-order valence-electron chi connectivity index (χ4n) is 3.17. The molecule has 1 aliphatic carbocycles. The number of aliphatic hydroxyl groups excluding tert-OH is 5. The Morgan fingerprint density at radius 3 is 2.33 bits per heavy atom. The molecule has 0 spiro atoms. The van der Waals surface area contributed by atoms with Crippen LogP contribution in [0.1, 0.15) is 22.6 Å². The van der Waals surface area contributed by atoms with Gasteiger partial charge in [-0.25, -0.2) is 0 Å². The van der Waals surface area contributed by atoms with E-state index in [0.717, 1.165) is 11.1 Å². The van der Waals surface area contributed by atoms with Crippen molar-refractivity contribution in [3.63, 3.8) is 0 Å². The van der Waals surface area contributed by atoms with Gasteiger partial charge in [-0.15, -0.1) is 0 Å². The highest BCUT2D eigenvalue weighted by Gasteiger charge is 2.66. The minimum atomic E-state index is -2.11. The predicted octanol–water partition coefficient (Wildman–Crippen LogP) is -1.43. The van der Waals surface area contributed by atoms with Crippen LogP contribution in [-0.4, -0.2) is 67.3 Å². The van der Waals surface area contributed by atoms with Crippen molar-refractivity contribution in [3.8, 4) is 0 Å². The fourth-order valence-corrected chi connectivity index (χ4v) is 3.17. The average molecular weight is 298 g/mol. The van der Waals surface area contributed by atoms with Gasteiger partial charge >= 0.3 is 0 Å². The van der Waals surface area contributed by atoms with Crippen LogP contribution in [0.15, 0.2) is 18.2 Å². The Bertz CT molecular complexity index is 519. The number of rotatable bonds is 4. The molecule has 0 amide bonds. The van der Waals surface area contributed by atoms with Gasteiger partial charge < -0.3 is 30.6 Å². The summed E-state index contributed by atoms with van der Waals surface area (Å²) in [5.74, 6) is -0.940. The van der Waals surface area contributed by atoms with Crippen molar-refractivity contribution in [2.75, 3.05) is 6.61 Å². The van der Waals surface area contributed by atoms with Gasteiger partial charge in [0.2, 0.25) is 0 Å². The Morgan fingerprint density at radius 2 is 1.81 bits per heavy atom. The monoisotopic (exact) mass is 298 g/mol. The minimum absolute atomic E-state index is 0.588. The average Bonchev–Trinajstić information content (AvgIpc) is 2.47. The van der Waals surface area contributed by atoms with E-state index in [2.05, 4.69) is 0 Å². The largest absolute Gasteiger partial charge is 0.394 e. The summed E-state index contributed by atoms with van der Waals surface area (Å²) in [5.41, 5.74) is 0.284. The molecule has 1 aromatic rings. The standard InChI is InChI=1S/C15H22O6/c1-7-3-4-9(8(2)5-7)11-12(18)14(20)15(11,21)13(19)10(17)6-16/h3-5,10-14,16-21H,6H2,1-2H3/t10-,11?,12?,13-,14+,15+/m1/s1. The predicted molar refractivity (Wildman–Crippen MR) is 74.7 cm³/mol. The molecule has 0 radical (unpaired) electrons. The second-order valence-electron chi connectivity index (χ2n) is 5.86. The van der Waals surface area contributed by atoms with Crippen LogP contribution in [-0.2, 0) is 0 Å². The van der Waals surface area contributed by atoms with E-state index < -0.39 is 42.5 Å². The van der Waals surface area contributed by atoms with E-state index in [4.69, 9.17) is 5.11 Å². The molecule has 2 unspecified atom stereocenters. The molecule has 6 nitrogen and oxygen atoms in total. The van der Waals surface area contributed by atoms with Crippen molar-refractivity contribution >= 4 is 0 Å². The van der Waals surface area contributed by atoms with Crippen molar-refractivity contribution in [1.29, 1.82) is 0 Å². The molecule has 1 saturated carbocycles. The smallest absolute Gasteiger partial charge is 0.131 e. The highest BCUT2D eigenvalue weighted by atomic mass is 16.4. The molecule has 6 heteroatoms. The molecule has 1 aliphatic rings. The van der Waals surface area contributed by atoms with Crippen molar-refractivity contribution < 1.29 is 30.6 Å². The highest BCUT2D eigenvalue weighted by molar-refractivity contribution is 5.40. The number of aryl methyl sites for hydroxylation is 2. The van der Waals surface area contributed by atoms with Crippen LogP contribution < -0.4 is 0 Å².